The second kappa shape index (κ2) is 5.44. The van der Waals surface area contributed by atoms with Gasteiger partial charge in [0.2, 0.25) is 10.1 Å². The second-order valence-electron chi connectivity index (χ2n) is 4.47. The van der Waals surface area contributed by atoms with E-state index in [1.165, 1.54) is 24.2 Å². The molecule has 1 amide bonds. The zero-order chi connectivity index (χ0) is 12.3. The fourth-order valence-electron chi connectivity index (χ4n) is 1.70. The lowest BCUT2D eigenvalue weighted by atomic mass is 10.1. The van der Waals surface area contributed by atoms with Crippen molar-refractivity contribution in [3.05, 3.63) is 5.01 Å². The van der Waals surface area contributed by atoms with Gasteiger partial charge in [0.15, 0.2) is 0 Å². The predicted octanol–water partition coefficient (Wildman–Crippen LogP) is 1.75. The smallest absolute Gasteiger partial charge is 0.282 e. The summed E-state index contributed by atoms with van der Waals surface area (Å²) in [6.45, 7) is 5.69. The van der Waals surface area contributed by atoms with Crippen LogP contribution in [0.2, 0.25) is 0 Å². The molecule has 94 valence electrons. The minimum absolute atomic E-state index is 0.112. The summed E-state index contributed by atoms with van der Waals surface area (Å²) in [6, 6.07) is 0. The molecule has 1 aromatic heterocycles. The van der Waals surface area contributed by atoms with Crippen molar-refractivity contribution < 1.29 is 4.79 Å². The van der Waals surface area contributed by atoms with Crippen LogP contribution < -0.4 is 10.6 Å². The SMILES string of the molecule is CCNc1nnc(C(=O)NCC(C)C2CC2)s1. The van der Waals surface area contributed by atoms with Gasteiger partial charge in [-0.3, -0.25) is 4.79 Å². The second-order valence-corrected chi connectivity index (χ2v) is 5.44. The molecule has 2 rings (SSSR count). The molecule has 0 saturated heterocycles. The van der Waals surface area contributed by atoms with Crippen molar-refractivity contribution in [1.29, 1.82) is 0 Å². The zero-order valence-electron chi connectivity index (χ0n) is 10.2. The molecule has 17 heavy (non-hydrogen) atoms. The van der Waals surface area contributed by atoms with Crippen LogP contribution in [0.5, 0.6) is 0 Å². The lowest BCUT2D eigenvalue weighted by molar-refractivity contribution is 0.0945. The highest BCUT2D eigenvalue weighted by Gasteiger charge is 2.28. The van der Waals surface area contributed by atoms with E-state index in [1.807, 2.05) is 6.92 Å². The van der Waals surface area contributed by atoms with E-state index < -0.39 is 0 Å². The molecule has 1 aliphatic carbocycles. The maximum Gasteiger partial charge on any atom is 0.282 e. The normalized spacial score (nSPS) is 16.6. The summed E-state index contributed by atoms with van der Waals surface area (Å²) in [4.78, 5) is 11.8. The molecule has 1 aromatic rings. The molecular formula is C11H18N4OS. The van der Waals surface area contributed by atoms with E-state index >= 15 is 0 Å². The molecule has 5 nitrogen and oxygen atoms in total. The number of nitrogens with one attached hydrogen (secondary N) is 2. The Morgan fingerprint density at radius 3 is 2.94 bits per heavy atom. The Balaban J connectivity index is 1.81. The van der Waals surface area contributed by atoms with Crippen molar-refractivity contribution in [1.82, 2.24) is 15.5 Å². The maximum absolute atomic E-state index is 11.8. The van der Waals surface area contributed by atoms with Gasteiger partial charge in [0, 0.05) is 13.1 Å². The minimum atomic E-state index is -0.112. The van der Waals surface area contributed by atoms with Gasteiger partial charge in [-0.25, -0.2) is 0 Å². The molecule has 0 aromatic carbocycles. The zero-order valence-corrected chi connectivity index (χ0v) is 11.0. The van der Waals surface area contributed by atoms with E-state index in [0.717, 1.165) is 19.0 Å². The highest BCUT2D eigenvalue weighted by molar-refractivity contribution is 7.17. The number of rotatable bonds is 6. The van der Waals surface area contributed by atoms with E-state index in [-0.39, 0.29) is 5.91 Å². The molecule has 1 heterocycles. The largest absolute Gasteiger partial charge is 0.360 e. The molecule has 1 atom stereocenters. The Hall–Kier alpha value is -1.17. The first-order chi connectivity index (χ1) is 8.20. The van der Waals surface area contributed by atoms with Crippen molar-refractivity contribution in [3.63, 3.8) is 0 Å². The van der Waals surface area contributed by atoms with E-state index in [4.69, 9.17) is 0 Å². The lowest BCUT2D eigenvalue weighted by Crippen LogP contribution is -2.28. The maximum atomic E-state index is 11.8. The van der Waals surface area contributed by atoms with Crippen LogP contribution in [-0.2, 0) is 0 Å². The minimum Gasteiger partial charge on any atom is -0.360 e. The Labute approximate surface area is 105 Å². The summed E-state index contributed by atoms with van der Waals surface area (Å²) in [7, 11) is 0. The van der Waals surface area contributed by atoms with E-state index in [9.17, 15) is 4.79 Å². The summed E-state index contributed by atoms with van der Waals surface area (Å²) in [5, 5.41) is 14.9. The number of carbonyl (C=O) groups excluding carboxylic acids is 1. The van der Waals surface area contributed by atoms with Gasteiger partial charge >= 0.3 is 0 Å². The fraction of sp³-hybridized carbons (Fsp3) is 0.727. The van der Waals surface area contributed by atoms with E-state index in [2.05, 4.69) is 27.8 Å². The number of hydrogen-bond acceptors (Lipinski definition) is 5. The van der Waals surface area contributed by atoms with Crippen LogP contribution in [0.4, 0.5) is 5.13 Å². The number of aromatic nitrogens is 2. The molecule has 1 fully saturated rings. The van der Waals surface area contributed by atoms with Gasteiger partial charge in [0.1, 0.15) is 0 Å². The number of amides is 1. The van der Waals surface area contributed by atoms with Crippen molar-refractivity contribution in [3.8, 4) is 0 Å². The number of anilines is 1. The highest BCUT2D eigenvalue weighted by atomic mass is 32.1. The molecule has 0 bridgehead atoms. The molecule has 1 unspecified atom stereocenters. The molecule has 6 heteroatoms. The summed E-state index contributed by atoms with van der Waals surface area (Å²) < 4.78 is 0. The van der Waals surface area contributed by atoms with E-state index in [0.29, 0.717) is 16.1 Å². The first kappa shape index (κ1) is 12.3. The van der Waals surface area contributed by atoms with Crippen LogP contribution in [0.15, 0.2) is 0 Å². The third-order valence-electron chi connectivity index (χ3n) is 2.96. The standard InChI is InChI=1S/C11H18N4OS/c1-3-12-11-15-14-10(17-11)9(16)13-6-7(2)8-4-5-8/h7-8H,3-6H2,1-2H3,(H,12,15)(H,13,16). The third kappa shape index (κ3) is 3.39. The quantitative estimate of drug-likeness (QED) is 0.811. The lowest BCUT2D eigenvalue weighted by Gasteiger charge is -2.09. The van der Waals surface area contributed by atoms with Gasteiger partial charge in [-0.2, -0.15) is 0 Å². The van der Waals surface area contributed by atoms with Gasteiger partial charge in [0.25, 0.3) is 5.91 Å². The van der Waals surface area contributed by atoms with E-state index in [1.54, 1.807) is 0 Å². The Kier molecular flexibility index (Phi) is 3.93. The fourth-order valence-corrected chi connectivity index (χ4v) is 2.43. The van der Waals surface area contributed by atoms with Crippen LogP contribution in [0.3, 0.4) is 0 Å². The summed E-state index contributed by atoms with van der Waals surface area (Å²) in [5.41, 5.74) is 0. The van der Waals surface area contributed by atoms with Gasteiger partial charge in [-0.15, -0.1) is 10.2 Å². The van der Waals surface area contributed by atoms with Crippen molar-refractivity contribution in [2.24, 2.45) is 11.8 Å². The molecule has 0 radical (unpaired) electrons. The first-order valence-electron chi connectivity index (χ1n) is 6.06. The van der Waals surface area contributed by atoms with Crippen LogP contribution in [0, 0.1) is 11.8 Å². The molecule has 0 spiro atoms. The van der Waals surface area contributed by atoms with Crippen molar-refractivity contribution >= 4 is 22.4 Å². The topological polar surface area (TPSA) is 66.9 Å². The summed E-state index contributed by atoms with van der Waals surface area (Å²) >= 11 is 1.30. The number of hydrogen-bond donors (Lipinski definition) is 2. The van der Waals surface area contributed by atoms with Gasteiger partial charge in [-0.05, 0) is 31.6 Å². The Morgan fingerprint density at radius 2 is 2.29 bits per heavy atom. The predicted molar refractivity (Wildman–Crippen MR) is 68.3 cm³/mol. The molecular weight excluding hydrogens is 236 g/mol. The van der Waals surface area contributed by atoms with Crippen molar-refractivity contribution in [2.45, 2.75) is 26.7 Å². The molecule has 1 saturated carbocycles. The Morgan fingerprint density at radius 1 is 1.53 bits per heavy atom. The Bertz CT molecular complexity index is 389. The van der Waals surface area contributed by atoms with Gasteiger partial charge in [0.05, 0.1) is 0 Å². The molecule has 2 N–H and O–H groups in total. The van der Waals surface area contributed by atoms with Crippen LogP contribution in [0.25, 0.3) is 0 Å². The molecule has 1 aliphatic rings. The summed E-state index contributed by atoms with van der Waals surface area (Å²) in [6.07, 6.45) is 2.61. The van der Waals surface area contributed by atoms with Gasteiger partial charge < -0.3 is 10.6 Å². The monoisotopic (exact) mass is 254 g/mol. The molecule has 0 aliphatic heterocycles. The highest BCUT2D eigenvalue weighted by Crippen LogP contribution is 2.36. The van der Waals surface area contributed by atoms with Crippen molar-refractivity contribution in [2.75, 3.05) is 18.4 Å². The average Bonchev–Trinajstić information content (AvgIpc) is 3.07. The first-order valence-corrected chi connectivity index (χ1v) is 6.88. The van der Waals surface area contributed by atoms with Crippen LogP contribution in [-0.4, -0.2) is 29.2 Å². The summed E-state index contributed by atoms with van der Waals surface area (Å²) in [5.74, 6) is 1.27. The van der Waals surface area contributed by atoms with Crippen LogP contribution >= 0.6 is 11.3 Å². The van der Waals surface area contributed by atoms with Crippen LogP contribution in [0.1, 0.15) is 36.5 Å². The average molecular weight is 254 g/mol. The third-order valence-corrected chi connectivity index (χ3v) is 3.84. The number of nitrogens with zero attached hydrogens (tertiary/aromatic N) is 2. The van der Waals surface area contributed by atoms with Gasteiger partial charge in [-0.1, -0.05) is 18.3 Å². The number of carbonyl (C=O) groups is 1.